The fraction of sp³-hybridized carbons (Fsp3) is 0.615. The Morgan fingerprint density at radius 3 is 1.59 bits per heavy atom. The van der Waals surface area contributed by atoms with Crippen molar-refractivity contribution < 1.29 is 24.5 Å². The molecule has 328 valence electrons. The summed E-state index contributed by atoms with van der Waals surface area (Å²) in [7, 11) is 0. The van der Waals surface area contributed by atoms with Gasteiger partial charge in [0, 0.05) is 6.42 Å². The lowest BCUT2D eigenvalue weighted by molar-refractivity contribution is -0.151. The summed E-state index contributed by atoms with van der Waals surface area (Å²) in [5.41, 5.74) is 0. The zero-order chi connectivity index (χ0) is 42.4. The molecule has 0 aliphatic heterocycles. The second-order valence-electron chi connectivity index (χ2n) is 15.2. The average Bonchev–Trinajstić information content (AvgIpc) is 3.22. The molecule has 0 aromatic heterocycles. The molecule has 0 spiro atoms. The van der Waals surface area contributed by atoms with Gasteiger partial charge >= 0.3 is 5.97 Å². The van der Waals surface area contributed by atoms with Crippen molar-refractivity contribution in [2.24, 2.45) is 0 Å². The Kier molecular flexibility index (Phi) is 41.9. The van der Waals surface area contributed by atoms with Gasteiger partial charge in [-0.2, -0.15) is 0 Å². The molecule has 0 bridgehead atoms. The van der Waals surface area contributed by atoms with Gasteiger partial charge in [0.2, 0.25) is 5.91 Å². The van der Waals surface area contributed by atoms with Crippen molar-refractivity contribution in [1.82, 2.24) is 5.32 Å². The molecule has 0 aromatic rings. The maximum Gasteiger partial charge on any atom is 0.306 e. The Morgan fingerprint density at radius 2 is 1.02 bits per heavy atom. The van der Waals surface area contributed by atoms with Crippen molar-refractivity contribution in [2.75, 3.05) is 6.61 Å². The highest BCUT2D eigenvalue weighted by Crippen LogP contribution is 2.15. The first-order valence-electron chi connectivity index (χ1n) is 23.2. The number of unbranched alkanes of at least 4 members (excludes halogenated alkanes) is 13. The number of hydrogen-bond acceptors (Lipinski definition) is 5. The summed E-state index contributed by atoms with van der Waals surface area (Å²) in [6, 6.07) is -0.739. The zero-order valence-electron chi connectivity index (χ0n) is 37.1. The second kappa shape index (κ2) is 44.6. The lowest BCUT2D eigenvalue weighted by Gasteiger charge is -2.24. The molecule has 0 aromatic carbocycles. The first kappa shape index (κ1) is 54.5. The number of ether oxygens (including phenoxy) is 1. The van der Waals surface area contributed by atoms with E-state index in [2.05, 4.69) is 80.8 Å². The van der Waals surface area contributed by atoms with Gasteiger partial charge in [0.25, 0.3) is 0 Å². The Balaban J connectivity index is 4.87. The van der Waals surface area contributed by atoms with E-state index in [1.165, 1.54) is 64.2 Å². The summed E-state index contributed by atoms with van der Waals surface area (Å²) in [5.74, 6) is -0.632. The Hall–Kier alpha value is -3.48. The molecular weight excluding hydrogens is 719 g/mol. The van der Waals surface area contributed by atoms with Crippen LogP contribution in [0.1, 0.15) is 181 Å². The number of nitrogens with one attached hydrogen (secondary N) is 1. The van der Waals surface area contributed by atoms with E-state index < -0.39 is 18.2 Å². The van der Waals surface area contributed by atoms with E-state index >= 15 is 0 Å². The minimum Gasteiger partial charge on any atom is -0.462 e. The lowest BCUT2D eigenvalue weighted by atomic mass is 10.0. The normalized spacial score (nSPS) is 14.4. The van der Waals surface area contributed by atoms with Crippen molar-refractivity contribution in [3.8, 4) is 0 Å². The van der Waals surface area contributed by atoms with Crippen LogP contribution in [0.3, 0.4) is 0 Å². The lowest BCUT2D eigenvalue weighted by Crippen LogP contribution is -2.46. The number of carbonyl (C=O) groups excluding carboxylic acids is 2. The molecule has 0 saturated carbocycles. The third-order valence-electron chi connectivity index (χ3n) is 9.71. The summed E-state index contributed by atoms with van der Waals surface area (Å²) in [6.07, 6.45) is 60.1. The van der Waals surface area contributed by atoms with E-state index in [0.717, 1.165) is 64.2 Å². The van der Waals surface area contributed by atoms with Gasteiger partial charge in [0.05, 0.1) is 25.2 Å². The molecule has 0 saturated heterocycles. The number of rotatable bonds is 39. The van der Waals surface area contributed by atoms with Crippen LogP contribution in [0.4, 0.5) is 0 Å². The summed E-state index contributed by atoms with van der Waals surface area (Å²) >= 11 is 0. The molecule has 0 aliphatic rings. The minimum atomic E-state index is -0.819. The molecular formula is C52H85NO5. The van der Waals surface area contributed by atoms with E-state index in [9.17, 15) is 19.8 Å². The molecule has 0 radical (unpaired) electrons. The molecule has 6 nitrogen and oxygen atoms in total. The van der Waals surface area contributed by atoms with Crippen molar-refractivity contribution in [3.63, 3.8) is 0 Å². The third-order valence-corrected chi connectivity index (χ3v) is 9.71. The van der Waals surface area contributed by atoms with Crippen molar-refractivity contribution in [3.05, 3.63) is 109 Å². The molecule has 58 heavy (non-hydrogen) atoms. The van der Waals surface area contributed by atoms with Crippen LogP contribution in [-0.4, -0.2) is 46.9 Å². The molecule has 0 rings (SSSR count). The third kappa shape index (κ3) is 39.4. The van der Waals surface area contributed by atoms with Gasteiger partial charge in [0.15, 0.2) is 0 Å². The SMILES string of the molecule is CC/C=C/C=C/C=C\C=C/C=C/CCCC(=O)OC(CCC/C=C\C/C=C\C/C=C\C/C=C\CCCCC)CC(=O)NC(CO)C(O)CCCCCCCCCCC. The molecule has 3 atom stereocenters. The van der Waals surface area contributed by atoms with Crippen LogP contribution >= 0.6 is 0 Å². The van der Waals surface area contributed by atoms with Crippen LogP contribution in [0.5, 0.6) is 0 Å². The molecule has 3 unspecified atom stereocenters. The number of hydrogen-bond donors (Lipinski definition) is 3. The molecule has 0 aliphatic carbocycles. The topological polar surface area (TPSA) is 95.9 Å². The average molecular weight is 804 g/mol. The van der Waals surface area contributed by atoms with Crippen LogP contribution in [0, 0.1) is 0 Å². The van der Waals surface area contributed by atoms with Gasteiger partial charge < -0.3 is 20.3 Å². The largest absolute Gasteiger partial charge is 0.462 e. The van der Waals surface area contributed by atoms with Crippen LogP contribution in [0.15, 0.2) is 109 Å². The Labute approximate surface area is 356 Å². The van der Waals surface area contributed by atoms with Crippen molar-refractivity contribution in [1.29, 1.82) is 0 Å². The quantitative estimate of drug-likeness (QED) is 0.0249. The van der Waals surface area contributed by atoms with E-state index in [4.69, 9.17) is 4.74 Å². The number of allylic oxidation sites excluding steroid dienone is 18. The van der Waals surface area contributed by atoms with E-state index in [1.807, 2.05) is 54.7 Å². The van der Waals surface area contributed by atoms with Gasteiger partial charge in [-0.1, -0.05) is 201 Å². The fourth-order valence-electron chi connectivity index (χ4n) is 6.21. The van der Waals surface area contributed by atoms with Gasteiger partial charge in [0.1, 0.15) is 6.10 Å². The number of esters is 1. The van der Waals surface area contributed by atoms with Crippen LogP contribution < -0.4 is 5.32 Å². The number of aliphatic hydroxyl groups is 2. The van der Waals surface area contributed by atoms with E-state index in [-0.39, 0.29) is 31.3 Å². The second-order valence-corrected chi connectivity index (χ2v) is 15.2. The highest BCUT2D eigenvalue weighted by molar-refractivity contribution is 5.77. The first-order chi connectivity index (χ1) is 28.5. The molecule has 0 heterocycles. The fourth-order valence-corrected chi connectivity index (χ4v) is 6.21. The maximum absolute atomic E-state index is 13.1. The summed E-state index contributed by atoms with van der Waals surface area (Å²) < 4.78 is 5.84. The zero-order valence-corrected chi connectivity index (χ0v) is 37.1. The molecule has 1 amide bonds. The predicted octanol–water partition coefficient (Wildman–Crippen LogP) is 13.6. The number of amides is 1. The van der Waals surface area contributed by atoms with Gasteiger partial charge in [-0.3, -0.25) is 9.59 Å². The van der Waals surface area contributed by atoms with Crippen LogP contribution in [0.25, 0.3) is 0 Å². The molecule has 3 N–H and O–H groups in total. The smallest absolute Gasteiger partial charge is 0.306 e. The highest BCUT2D eigenvalue weighted by atomic mass is 16.5. The van der Waals surface area contributed by atoms with E-state index in [1.54, 1.807) is 0 Å². The van der Waals surface area contributed by atoms with Gasteiger partial charge in [-0.25, -0.2) is 0 Å². The first-order valence-corrected chi connectivity index (χ1v) is 23.2. The van der Waals surface area contributed by atoms with Crippen LogP contribution in [-0.2, 0) is 14.3 Å². The molecule has 0 fully saturated rings. The van der Waals surface area contributed by atoms with Crippen molar-refractivity contribution >= 4 is 11.9 Å². The van der Waals surface area contributed by atoms with Crippen molar-refractivity contribution in [2.45, 2.75) is 200 Å². The minimum absolute atomic E-state index is 0.00387. The number of aliphatic hydroxyl groups excluding tert-OH is 2. The molecule has 6 heteroatoms. The Morgan fingerprint density at radius 1 is 0.534 bits per heavy atom. The van der Waals surface area contributed by atoms with E-state index in [0.29, 0.717) is 19.3 Å². The standard InChI is InChI=1S/C52H85NO5/c1-4-7-10-13-16-19-21-23-24-25-26-28-29-32-34-37-40-43-48(58-52(57)45-42-39-36-33-30-27-22-20-17-14-11-8-5-2)46-51(56)53-49(47-54)50(55)44-41-38-35-31-18-15-12-9-6-3/h8,11,14,16-17,19-20,22-24,26-28,30,32-34,36,48-50,54-55H,4-7,9-10,12-13,15,18,21,25,29,31,35,37-47H2,1-3H3,(H,53,56)/b11-8+,17-14+,19-16-,22-20-,24-23-,28-26-,30-27-,34-32-,36-33+. The van der Waals surface area contributed by atoms with Gasteiger partial charge in [-0.15, -0.1) is 0 Å². The van der Waals surface area contributed by atoms with Crippen LogP contribution in [0.2, 0.25) is 0 Å². The summed E-state index contributed by atoms with van der Waals surface area (Å²) in [4.78, 5) is 26.0. The van der Waals surface area contributed by atoms with Gasteiger partial charge in [-0.05, 0) is 77.0 Å². The maximum atomic E-state index is 13.1. The number of carbonyl (C=O) groups is 2. The predicted molar refractivity (Wildman–Crippen MR) is 250 cm³/mol. The monoisotopic (exact) mass is 804 g/mol. The highest BCUT2D eigenvalue weighted by Gasteiger charge is 2.23. The summed E-state index contributed by atoms with van der Waals surface area (Å²) in [5, 5.41) is 23.6. The summed E-state index contributed by atoms with van der Waals surface area (Å²) in [6.45, 7) is 6.23. The Bertz CT molecular complexity index is 1220.